The Balaban J connectivity index is 1.22. The highest BCUT2D eigenvalue weighted by atomic mass is 32.2. The van der Waals surface area contributed by atoms with Crippen molar-refractivity contribution in [3.8, 4) is 5.69 Å². The van der Waals surface area contributed by atoms with Crippen LogP contribution in [0.25, 0.3) is 5.69 Å². The van der Waals surface area contributed by atoms with Crippen molar-refractivity contribution in [3.63, 3.8) is 0 Å². The molecule has 3 aromatic rings. The van der Waals surface area contributed by atoms with E-state index in [1.165, 1.54) is 11.8 Å². The van der Waals surface area contributed by atoms with Crippen LogP contribution in [0.3, 0.4) is 0 Å². The van der Waals surface area contributed by atoms with Gasteiger partial charge in [0.05, 0.1) is 38.7 Å². The zero-order valence-corrected chi connectivity index (χ0v) is 20.5. The molecule has 2 fully saturated rings. The van der Waals surface area contributed by atoms with E-state index >= 15 is 0 Å². The van der Waals surface area contributed by atoms with Gasteiger partial charge in [-0.1, -0.05) is 30.0 Å². The maximum atomic E-state index is 12.7. The number of morpholine rings is 2. The fraction of sp³-hybridized carbons (Fsp3) is 0.400. The van der Waals surface area contributed by atoms with E-state index in [1.54, 1.807) is 0 Å². The van der Waals surface area contributed by atoms with E-state index in [9.17, 15) is 4.79 Å². The number of rotatable bonds is 8. The first-order valence-electron chi connectivity index (χ1n) is 11.9. The van der Waals surface area contributed by atoms with Gasteiger partial charge < -0.3 is 19.7 Å². The lowest BCUT2D eigenvalue weighted by Crippen LogP contribution is -2.36. The zero-order valence-electron chi connectivity index (χ0n) is 19.6. The van der Waals surface area contributed by atoms with Gasteiger partial charge in [-0.2, -0.15) is 0 Å². The maximum Gasteiger partial charge on any atom is 0.234 e. The van der Waals surface area contributed by atoms with Gasteiger partial charge in [0.25, 0.3) is 0 Å². The molecule has 0 spiro atoms. The molecule has 0 atom stereocenters. The molecule has 1 amide bonds. The average Bonchev–Trinajstić information content (AvgIpc) is 3.32. The minimum absolute atomic E-state index is 0.0773. The number of ether oxygens (including phenoxy) is 2. The molecule has 0 radical (unpaired) electrons. The molecule has 2 aliphatic heterocycles. The van der Waals surface area contributed by atoms with E-state index < -0.39 is 0 Å². The standard InChI is InChI=1S/C25H30N6O3S/c32-24(26-20-6-8-21(9-7-20)30-12-16-34-17-13-30)19-35-25-28-27-23(18-29-10-14-33-15-11-29)31(25)22-4-2-1-3-5-22/h1-9H,10-19H2,(H,26,32). The molecule has 1 aromatic heterocycles. The van der Waals surface area contributed by atoms with Crippen LogP contribution in [-0.2, 0) is 20.8 Å². The van der Waals surface area contributed by atoms with Gasteiger partial charge in [0.1, 0.15) is 0 Å². The normalized spacial score (nSPS) is 16.9. The van der Waals surface area contributed by atoms with Gasteiger partial charge in [-0.15, -0.1) is 10.2 Å². The molecule has 35 heavy (non-hydrogen) atoms. The van der Waals surface area contributed by atoms with Gasteiger partial charge >= 0.3 is 0 Å². The Morgan fingerprint density at radius 2 is 1.54 bits per heavy atom. The van der Waals surface area contributed by atoms with Crippen molar-refractivity contribution in [2.45, 2.75) is 11.7 Å². The van der Waals surface area contributed by atoms with Crippen molar-refractivity contribution < 1.29 is 14.3 Å². The zero-order chi connectivity index (χ0) is 23.9. The quantitative estimate of drug-likeness (QED) is 0.479. The molecule has 2 aromatic carbocycles. The lowest BCUT2D eigenvalue weighted by molar-refractivity contribution is -0.113. The summed E-state index contributed by atoms with van der Waals surface area (Å²) in [5.74, 6) is 1.03. The van der Waals surface area contributed by atoms with Crippen molar-refractivity contribution >= 4 is 29.0 Å². The highest BCUT2D eigenvalue weighted by Gasteiger charge is 2.20. The smallest absolute Gasteiger partial charge is 0.234 e. The number of nitrogens with one attached hydrogen (secondary N) is 1. The van der Waals surface area contributed by atoms with Crippen LogP contribution in [0.4, 0.5) is 11.4 Å². The predicted molar refractivity (Wildman–Crippen MR) is 136 cm³/mol. The fourth-order valence-corrected chi connectivity index (χ4v) is 4.97. The van der Waals surface area contributed by atoms with Crippen LogP contribution in [0, 0.1) is 0 Å². The number of anilines is 2. The average molecular weight is 495 g/mol. The molecule has 1 N–H and O–H groups in total. The van der Waals surface area contributed by atoms with Crippen molar-refractivity contribution in [1.29, 1.82) is 0 Å². The minimum atomic E-state index is -0.0773. The Morgan fingerprint density at radius 3 is 2.26 bits per heavy atom. The summed E-state index contributed by atoms with van der Waals surface area (Å²) < 4.78 is 12.9. The third-order valence-electron chi connectivity index (χ3n) is 6.04. The van der Waals surface area contributed by atoms with Crippen LogP contribution < -0.4 is 10.2 Å². The predicted octanol–water partition coefficient (Wildman–Crippen LogP) is 2.67. The molecule has 5 rings (SSSR count). The molecular weight excluding hydrogens is 464 g/mol. The van der Waals surface area contributed by atoms with E-state index in [0.717, 1.165) is 75.5 Å². The summed E-state index contributed by atoms with van der Waals surface area (Å²) in [5.41, 5.74) is 2.91. The molecule has 0 bridgehead atoms. The molecule has 0 unspecified atom stereocenters. The number of benzene rings is 2. The highest BCUT2D eigenvalue weighted by Crippen LogP contribution is 2.24. The molecule has 10 heteroatoms. The number of carbonyl (C=O) groups is 1. The fourth-order valence-electron chi connectivity index (χ4n) is 4.20. The van der Waals surface area contributed by atoms with Crippen LogP contribution in [-0.4, -0.2) is 83.9 Å². The number of aromatic nitrogens is 3. The first kappa shape index (κ1) is 23.8. The van der Waals surface area contributed by atoms with Crippen LogP contribution in [0.2, 0.25) is 0 Å². The summed E-state index contributed by atoms with van der Waals surface area (Å²) in [7, 11) is 0. The first-order valence-corrected chi connectivity index (χ1v) is 12.9. The lowest BCUT2D eigenvalue weighted by atomic mass is 10.2. The molecule has 3 heterocycles. The molecule has 0 aliphatic carbocycles. The Hall–Kier alpha value is -2.92. The van der Waals surface area contributed by atoms with Crippen molar-refractivity contribution in [1.82, 2.24) is 19.7 Å². The number of nitrogens with zero attached hydrogens (tertiary/aromatic N) is 5. The van der Waals surface area contributed by atoms with Crippen LogP contribution in [0.1, 0.15) is 5.82 Å². The second-order valence-corrected chi connectivity index (χ2v) is 9.38. The summed E-state index contributed by atoms with van der Waals surface area (Å²) in [6.45, 7) is 7.16. The van der Waals surface area contributed by atoms with Crippen molar-refractivity contribution in [3.05, 3.63) is 60.4 Å². The Labute approximate surface area is 209 Å². The van der Waals surface area contributed by atoms with Crippen LogP contribution >= 0.6 is 11.8 Å². The number of para-hydroxylation sites is 1. The molecule has 0 saturated carbocycles. The summed E-state index contributed by atoms with van der Waals surface area (Å²) in [4.78, 5) is 17.3. The monoisotopic (exact) mass is 494 g/mol. The highest BCUT2D eigenvalue weighted by molar-refractivity contribution is 7.99. The van der Waals surface area contributed by atoms with Gasteiger partial charge in [0.2, 0.25) is 5.91 Å². The van der Waals surface area contributed by atoms with Gasteiger partial charge in [-0.3, -0.25) is 14.3 Å². The Bertz CT molecular complexity index is 1100. The molecule has 2 saturated heterocycles. The van der Waals surface area contributed by atoms with E-state index in [4.69, 9.17) is 9.47 Å². The largest absolute Gasteiger partial charge is 0.379 e. The number of hydrogen-bond donors (Lipinski definition) is 1. The number of hydrogen-bond acceptors (Lipinski definition) is 8. The van der Waals surface area contributed by atoms with E-state index in [0.29, 0.717) is 11.7 Å². The third-order valence-corrected chi connectivity index (χ3v) is 6.97. The van der Waals surface area contributed by atoms with Gasteiger partial charge in [-0.25, -0.2) is 0 Å². The summed E-state index contributed by atoms with van der Waals surface area (Å²) in [5, 5.41) is 12.6. The van der Waals surface area contributed by atoms with Gasteiger partial charge in [0.15, 0.2) is 11.0 Å². The number of thioether (sulfide) groups is 1. The van der Waals surface area contributed by atoms with E-state index in [1.807, 2.05) is 59.2 Å². The number of amides is 1. The van der Waals surface area contributed by atoms with Gasteiger partial charge in [0, 0.05) is 43.2 Å². The second kappa shape index (κ2) is 11.7. The summed E-state index contributed by atoms with van der Waals surface area (Å²) in [6.07, 6.45) is 0. The summed E-state index contributed by atoms with van der Waals surface area (Å²) in [6, 6.07) is 18.0. The third kappa shape index (κ3) is 6.21. The summed E-state index contributed by atoms with van der Waals surface area (Å²) >= 11 is 1.39. The Kier molecular flexibility index (Phi) is 7.94. The maximum absolute atomic E-state index is 12.7. The minimum Gasteiger partial charge on any atom is -0.379 e. The van der Waals surface area contributed by atoms with Gasteiger partial charge in [-0.05, 0) is 36.4 Å². The molecule has 9 nitrogen and oxygen atoms in total. The molecular formula is C25H30N6O3S. The molecule has 2 aliphatic rings. The topological polar surface area (TPSA) is 84.8 Å². The van der Waals surface area contributed by atoms with Crippen LogP contribution in [0.15, 0.2) is 59.8 Å². The molecule has 184 valence electrons. The lowest BCUT2D eigenvalue weighted by Gasteiger charge is -2.28. The van der Waals surface area contributed by atoms with Crippen molar-refractivity contribution in [2.75, 3.05) is 68.6 Å². The SMILES string of the molecule is O=C(CSc1nnc(CN2CCOCC2)n1-c1ccccc1)Nc1ccc(N2CCOCC2)cc1. The van der Waals surface area contributed by atoms with Crippen molar-refractivity contribution in [2.24, 2.45) is 0 Å². The van der Waals surface area contributed by atoms with Crippen LogP contribution in [0.5, 0.6) is 0 Å². The first-order chi connectivity index (χ1) is 17.3. The van der Waals surface area contributed by atoms with E-state index in [-0.39, 0.29) is 11.7 Å². The second-order valence-electron chi connectivity index (χ2n) is 8.44. The van der Waals surface area contributed by atoms with E-state index in [2.05, 4.69) is 25.3 Å². The number of carbonyl (C=O) groups excluding carboxylic acids is 1. The Morgan fingerprint density at radius 1 is 0.857 bits per heavy atom.